The summed E-state index contributed by atoms with van der Waals surface area (Å²) in [6.45, 7) is 7.57. The molecule has 0 radical (unpaired) electrons. The molecule has 1 aliphatic rings. The number of hydrogen-bond acceptors (Lipinski definition) is 4. The van der Waals surface area contributed by atoms with E-state index in [1.165, 1.54) is 24.3 Å². The van der Waals surface area contributed by atoms with Gasteiger partial charge in [0.25, 0.3) is 5.91 Å². The van der Waals surface area contributed by atoms with E-state index in [9.17, 15) is 9.18 Å². The van der Waals surface area contributed by atoms with Gasteiger partial charge in [-0.15, -0.1) is 0 Å². The number of likely N-dealkylation sites (N-methyl/N-ethyl adjacent to an activating group) is 1. The third-order valence-electron chi connectivity index (χ3n) is 5.36. The molecule has 6 heteroatoms. The number of ether oxygens (including phenoxy) is 1. The molecule has 1 amide bonds. The van der Waals surface area contributed by atoms with Gasteiger partial charge in [0.15, 0.2) is 0 Å². The molecular formula is C22H28FN3O2. The molecule has 2 aromatic carbocycles. The average molecular weight is 385 g/mol. The van der Waals surface area contributed by atoms with Gasteiger partial charge < -0.3 is 15.0 Å². The average Bonchev–Trinajstić information content (AvgIpc) is 2.75. The van der Waals surface area contributed by atoms with Gasteiger partial charge in [-0.2, -0.15) is 0 Å². The normalized spacial score (nSPS) is 16.5. The van der Waals surface area contributed by atoms with Crippen LogP contribution >= 0.6 is 0 Å². The summed E-state index contributed by atoms with van der Waals surface area (Å²) in [5.74, 6) is 0.269. The number of methoxy groups -OCH3 is 1. The Morgan fingerprint density at radius 3 is 2.43 bits per heavy atom. The lowest BCUT2D eigenvalue weighted by molar-refractivity contribution is 0.0850. The summed E-state index contributed by atoms with van der Waals surface area (Å²) in [5.41, 5.74) is 1.52. The molecule has 1 N–H and O–H groups in total. The Kier molecular flexibility index (Phi) is 7.01. The molecule has 1 aliphatic heterocycles. The number of halogens is 1. The third kappa shape index (κ3) is 4.88. The van der Waals surface area contributed by atoms with E-state index in [0.717, 1.165) is 44.0 Å². The highest BCUT2D eigenvalue weighted by atomic mass is 19.1. The molecule has 0 spiro atoms. The lowest BCUT2D eigenvalue weighted by Gasteiger charge is -2.39. The lowest BCUT2D eigenvalue weighted by atomic mass is 10.0. The maximum Gasteiger partial charge on any atom is 0.251 e. The largest absolute Gasteiger partial charge is 0.496 e. The van der Waals surface area contributed by atoms with Crippen LogP contribution < -0.4 is 10.1 Å². The third-order valence-corrected chi connectivity index (χ3v) is 5.36. The fourth-order valence-corrected chi connectivity index (χ4v) is 3.66. The summed E-state index contributed by atoms with van der Waals surface area (Å²) < 4.78 is 18.7. The van der Waals surface area contributed by atoms with Crippen LogP contribution in [-0.2, 0) is 0 Å². The van der Waals surface area contributed by atoms with Crippen LogP contribution in [0.25, 0.3) is 0 Å². The number of piperazine rings is 1. The Balaban J connectivity index is 1.76. The number of benzene rings is 2. The van der Waals surface area contributed by atoms with Crippen molar-refractivity contribution in [2.75, 3.05) is 46.4 Å². The maximum atomic E-state index is 13.1. The fraction of sp³-hybridized carbons (Fsp3) is 0.409. The summed E-state index contributed by atoms with van der Waals surface area (Å²) in [4.78, 5) is 17.4. The highest BCUT2D eigenvalue weighted by Crippen LogP contribution is 2.29. The standard InChI is InChI=1S/C22H28FN3O2/c1-3-25-12-14-26(15-13-25)20(19-6-4-5-7-21(19)28-2)16-24-22(27)17-8-10-18(23)11-9-17/h4-11,20H,3,12-16H2,1-2H3,(H,24,27). The summed E-state index contributed by atoms with van der Waals surface area (Å²) >= 11 is 0. The second-order valence-electron chi connectivity index (χ2n) is 6.94. The summed E-state index contributed by atoms with van der Waals surface area (Å²) in [6, 6.07) is 13.6. The summed E-state index contributed by atoms with van der Waals surface area (Å²) in [6.07, 6.45) is 0. The van der Waals surface area contributed by atoms with Gasteiger partial charge in [-0.1, -0.05) is 25.1 Å². The Bertz CT molecular complexity index is 774. The number of carbonyl (C=O) groups is 1. The molecule has 0 saturated carbocycles. The van der Waals surface area contributed by atoms with Crippen LogP contribution in [0.5, 0.6) is 5.75 Å². The Morgan fingerprint density at radius 1 is 1.11 bits per heavy atom. The molecule has 0 aromatic heterocycles. The number of nitrogens with zero attached hydrogens (tertiary/aromatic N) is 2. The first kappa shape index (κ1) is 20.3. The number of rotatable bonds is 7. The molecule has 1 fully saturated rings. The van der Waals surface area contributed by atoms with E-state index in [-0.39, 0.29) is 17.8 Å². The summed E-state index contributed by atoms with van der Waals surface area (Å²) in [5, 5.41) is 3.02. The van der Waals surface area contributed by atoms with Crippen molar-refractivity contribution < 1.29 is 13.9 Å². The number of para-hydroxylation sites is 1. The van der Waals surface area contributed by atoms with Crippen LogP contribution in [-0.4, -0.2) is 62.1 Å². The Labute approximate surface area is 166 Å². The highest BCUT2D eigenvalue weighted by Gasteiger charge is 2.27. The van der Waals surface area contributed by atoms with E-state index in [4.69, 9.17) is 4.74 Å². The highest BCUT2D eigenvalue weighted by molar-refractivity contribution is 5.94. The molecule has 1 heterocycles. The zero-order valence-electron chi connectivity index (χ0n) is 16.5. The first-order chi connectivity index (χ1) is 13.6. The zero-order chi connectivity index (χ0) is 19.9. The number of amides is 1. The van der Waals surface area contributed by atoms with Crippen LogP contribution in [0.3, 0.4) is 0 Å². The van der Waals surface area contributed by atoms with E-state index < -0.39 is 0 Å². The quantitative estimate of drug-likeness (QED) is 0.796. The Morgan fingerprint density at radius 2 is 1.79 bits per heavy atom. The molecule has 1 unspecified atom stereocenters. The van der Waals surface area contributed by atoms with Gasteiger partial charge >= 0.3 is 0 Å². The molecule has 3 rings (SSSR count). The molecule has 1 saturated heterocycles. The van der Waals surface area contributed by atoms with Crippen LogP contribution in [0.15, 0.2) is 48.5 Å². The smallest absolute Gasteiger partial charge is 0.251 e. The van der Waals surface area contributed by atoms with E-state index in [1.807, 2.05) is 18.2 Å². The number of carbonyl (C=O) groups excluding carboxylic acids is 1. The van der Waals surface area contributed by atoms with Gasteiger partial charge in [0.05, 0.1) is 13.2 Å². The van der Waals surface area contributed by atoms with Gasteiger partial charge in [-0.3, -0.25) is 9.69 Å². The van der Waals surface area contributed by atoms with Crippen molar-refractivity contribution in [3.8, 4) is 5.75 Å². The molecule has 0 aliphatic carbocycles. The van der Waals surface area contributed by atoms with Crippen molar-refractivity contribution in [1.29, 1.82) is 0 Å². The minimum absolute atomic E-state index is 0.0135. The van der Waals surface area contributed by atoms with Crippen molar-refractivity contribution in [3.05, 3.63) is 65.5 Å². The lowest BCUT2D eigenvalue weighted by Crippen LogP contribution is -2.49. The topological polar surface area (TPSA) is 44.8 Å². The van der Waals surface area contributed by atoms with Gasteiger partial charge in [0.1, 0.15) is 11.6 Å². The molecule has 28 heavy (non-hydrogen) atoms. The zero-order valence-corrected chi connectivity index (χ0v) is 16.5. The SMILES string of the molecule is CCN1CCN(C(CNC(=O)c2ccc(F)cc2)c2ccccc2OC)CC1. The van der Waals surface area contributed by atoms with E-state index in [1.54, 1.807) is 7.11 Å². The van der Waals surface area contributed by atoms with Crippen LogP contribution in [0.4, 0.5) is 4.39 Å². The molecular weight excluding hydrogens is 357 g/mol. The van der Waals surface area contributed by atoms with Crippen molar-refractivity contribution in [2.45, 2.75) is 13.0 Å². The van der Waals surface area contributed by atoms with Gasteiger partial charge in [-0.05, 0) is 36.9 Å². The maximum absolute atomic E-state index is 13.1. The second-order valence-corrected chi connectivity index (χ2v) is 6.94. The van der Waals surface area contributed by atoms with Gasteiger partial charge in [-0.25, -0.2) is 4.39 Å². The molecule has 2 aromatic rings. The minimum Gasteiger partial charge on any atom is -0.496 e. The molecule has 1 atom stereocenters. The van der Waals surface area contributed by atoms with E-state index in [0.29, 0.717) is 12.1 Å². The Hall–Kier alpha value is -2.44. The van der Waals surface area contributed by atoms with Gasteiger partial charge in [0, 0.05) is 43.9 Å². The van der Waals surface area contributed by atoms with Crippen LogP contribution in [0.2, 0.25) is 0 Å². The van der Waals surface area contributed by atoms with Crippen molar-refractivity contribution in [1.82, 2.24) is 15.1 Å². The minimum atomic E-state index is -0.350. The van der Waals surface area contributed by atoms with Crippen molar-refractivity contribution in [3.63, 3.8) is 0 Å². The van der Waals surface area contributed by atoms with Crippen molar-refractivity contribution >= 4 is 5.91 Å². The first-order valence-corrected chi connectivity index (χ1v) is 9.75. The second kappa shape index (κ2) is 9.66. The van der Waals surface area contributed by atoms with Gasteiger partial charge in [0.2, 0.25) is 0 Å². The van der Waals surface area contributed by atoms with E-state index in [2.05, 4.69) is 28.1 Å². The number of nitrogens with one attached hydrogen (secondary N) is 1. The predicted octanol–water partition coefficient (Wildman–Crippen LogP) is 2.94. The predicted molar refractivity (Wildman–Crippen MR) is 108 cm³/mol. The molecule has 150 valence electrons. The first-order valence-electron chi connectivity index (χ1n) is 9.75. The monoisotopic (exact) mass is 385 g/mol. The molecule has 0 bridgehead atoms. The van der Waals surface area contributed by atoms with Crippen molar-refractivity contribution in [2.24, 2.45) is 0 Å². The molecule has 5 nitrogen and oxygen atoms in total. The number of hydrogen-bond donors (Lipinski definition) is 1. The fourth-order valence-electron chi connectivity index (χ4n) is 3.66. The van der Waals surface area contributed by atoms with Crippen LogP contribution in [0, 0.1) is 5.82 Å². The van der Waals surface area contributed by atoms with E-state index >= 15 is 0 Å². The summed E-state index contributed by atoms with van der Waals surface area (Å²) in [7, 11) is 1.67. The van der Waals surface area contributed by atoms with Crippen LogP contribution in [0.1, 0.15) is 28.9 Å².